The highest BCUT2D eigenvalue weighted by Gasteiger charge is 2.20. The monoisotopic (exact) mass is 355 g/mol. The van der Waals surface area contributed by atoms with Crippen LogP contribution < -0.4 is 0 Å². The van der Waals surface area contributed by atoms with Crippen LogP contribution in [0.1, 0.15) is 31.4 Å². The first-order valence-corrected chi connectivity index (χ1v) is 8.67. The van der Waals surface area contributed by atoms with Crippen molar-refractivity contribution in [3.05, 3.63) is 42.2 Å². The lowest BCUT2D eigenvalue weighted by Crippen LogP contribution is -2.24. The van der Waals surface area contributed by atoms with Gasteiger partial charge in [-0.2, -0.15) is 0 Å². The van der Waals surface area contributed by atoms with E-state index in [1.165, 1.54) is 21.7 Å². The number of amides is 1. The summed E-state index contributed by atoms with van der Waals surface area (Å²) >= 11 is 6.81. The van der Waals surface area contributed by atoms with Crippen LogP contribution in [-0.2, 0) is 19.4 Å². The molecule has 0 aliphatic heterocycles. The molecule has 0 atom stereocenters. The minimum Gasteiger partial charge on any atom is -0.336 e. The predicted molar refractivity (Wildman–Crippen MR) is 84.2 cm³/mol. The van der Waals surface area contributed by atoms with Gasteiger partial charge in [0, 0.05) is 16.8 Å². The molecule has 0 bridgehead atoms. The van der Waals surface area contributed by atoms with Crippen LogP contribution in [0.25, 0.3) is 0 Å². The number of thiophene rings is 2. The Balaban J connectivity index is 1.72. The standard InChI is InChI=1S/C14H14BrNOS2/c1-16(8-10-5-6-13(15)18-10)14(17)12-7-9-3-2-4-11(9)19-12/h5-7H,2-4,8H2,1H3. The van der Waals surface area contributed by atoms with Crippen LogP contribution in [0.5, 0.6) is 0 Å². The van der Waals surface area contributed by atoms with Crippen LogP contribution in [0.3, 0.4) is 0 Å². The Labute approximate surface area is 129 Å². The molecule has 0 aromatic carbocycles. The summed E-state index contributed by atoms with van der Waals surface area (Å²) in [6, 6.07) is 6.18. The first-order chi connectivity index (χ1) is 9.13. The van der Waals surface area contributed by atoms with Crippen LogP contribution in [0.2, 0.25) is 0 Å². The van der Waals surface area contributed by atoms with Crippen LogP contribution in [0.15, 0.2) is 22.0 Å². The fourth-order valence-electron chi connectivity index (χ4n) is 2.36. The Morgan fingerprint density at radius 2 is 2.21 bits per heavy atom. The number of halogens is 1. The molecule has 0 saturated heterocycles. The number of hydrogen-bond acceptors (Lipinski definition) is 3. The van der Waals surface area contributed by atoms with Crippen molar-refractivity contribution in [3.8, 4) is 0 Å². The second kappa shape index (κ2) is 5.38. The number of carbonyl (C=O) groups is 1. The summed E-state index contributed by atoms with van der Waals surface area (Å²) in [5, 5.41) is 0. The largest absolute Gasteiger partial charge is 0.336 e. The highest BCUT2D eigenvalue weighted by Crippen LogP contribution is 2.31. The third-order valence-electron chi connectivity index (χ3n) is 3.33. The van der Waals surface area contributed by atoms with Crippen molar-refractivity contribution in [2.24, 2.45) is 0 Å². The van der Waals surface area contributed by atoms with Gasteiger partial charge in [-0.15, -0.1) is 22.7 Å². The Morgan fingerprint density at radius 1 is 1.37 bits per heavy atom. The zero-order chi connectivity index (χ0) is 13.4. The molecular weight excluding hydrogens is 342 g/mol. The van der Waals surface area contributed by atoms with Crippen LogP contribution in [-0.4, -0.2) is 17.9 Å². The lowest BCUT2D eigenvalue weighted by Gasteiger charge is -2.15. The van der Waals surface area contributed by atoms with E-state index < -0.39 is 0 Å². The molecule has 2 nitrogen and oxygen atoms in total. The Morgan fingerprint density at radius 3 is 2.89 bits per heavy atom. The molecule has 1 amide bonds. The van der Waals surface area contributed by atoms with Crippen molar-refractivity contribution >= 4 is 44.5 Å². The minimum absolute atomic E-state index is 0.143. The summed E-state index contributed by atoms with van der Waals surface area (Å²) in [6.07, 6.45) is 3.53. The van der Waals surface area contributed by atoms with Crippen LogP contribution >= 0.6 is 38.6 Å². The van der Waals surface area contributed by atoms with E-state index in [9.17, 15) is 4.79 Å². The highest BCUT2D eigenvalue weighted by molar-refractivity contribution is 9.11. The second-order valence-corrected chi connectivity index (χ2v) is 8.46. The molecule has 2 aromatic rings. The molecule has 0 N–H and O–H groups in total. The second-order valence-electron chi connectivity index (χ2n) is 4.78. The van der Waals surface area contributed by atoms with Gasteiger partial charge < -0.3 is 4.90 Å². The maximum absolute atomic E-state index is 12.4. The molecule has 1 aliphatic rings. The molecular formula is C14H14BrNOS2. The van der Waals surface area contributed by atoms with E-state index >= 15 is 0 Å². The van der Waals surface area contributed by atoms with E-state index in [4.69, 9.17) is 0 Å². The van der Waals surface area contributed by atoms with Gasteiger partial charge in [0.2, 0.25) is 0 Å². The third-order valence-corrected chi connectivity index (χ3v) is 6.16. The summed E-state index contributed by atoms with van der Waals surface area (Å²) in [7, 11) is 1.88. The fourth-order valence-corrected chi connectivity index (χ4v) is 5.15. The topological polar surface area (TPSA) is 20.3 Å². The van der Waals surface area contributed by atoms with Gasteiger partial charge in [-0.1, -0.05) is 0 Å². The van der Waals surface area contributed by atoms with Crippen LogP contribution in [0.4, 0.5) is 0 Å². The summed E-state index contributed by atoms with van der Waals surface area (Å²) in [5.41, 5.74) is 1.39. The quantitative estimate of drug-likeness (QED) is 0.802. The minimum atomic E-state index is 0.143. The SMILES string of the molecule is CN(Cc1ccc(Br)s1)C(=O)c1cc2c(s1)CCC2. The van der Waals surface area contributed by atoms with E-state index in [0.29, 0.717) is 6.54 Å². The van der Waals surface area contributed by atoms with E-state index in [1.54, 1.807) is 27.6 Å². The predicted octanol–water partition coefficient (Wildman–Crippen LogP) is 4.33. The Bertz CT molecular complexity index is 595. The summed E-state index contributed by atoms with van der Waals surface area (Å²) in [6.45, 7) is 0.678. The van der Waals surface area contributed by atoms with Gasteiger partial charge in [-0.3, -0.25) is 4.79 Å². The molecule has 100 valence electrons. The molecule has 0 saturated carbocycles. The number of rotatable bonds is 3. The lowest BCUT2D eigenvalue weighted by atomic mass is 10.2. The van der Waals surface area contributed by atoms with Gasteiger partial charge in [-0.25, -0.2) is 0 Å². The maximum Gasteiger partial charge on any atom is 0.264 e. The number of carbonyl (C=O) groups excluding carboxylic acids is 1. The van der Waals surface area contributed by atoms with Gasteiger partial charge in [-0.05, 0) is 59.0 Å². The van der Waals surface area contributed by atoms with Gasteiger partial charge in [0.15, 0.2) is 0 Å². The zero-order valence-electron chi connectivity index (χ0n) is 10.6. The van der Waals surface area contributed by atoms with Crippen molar-refractivity contribution in [1.82, 2.24) is 4.90 Å². The number of nitrogens with zero attached hydrogens (tertiary/aromatic N) is 1. The van der Waals surface area contributed by atoms with Crippen molar-refractivity contribution in [3.63, 3.8) is 0 Å². The van der Waals surface area contributed by atoms with E-state index in [-0.39, 0.29) is 5.91 Å². The molecule has 19 heavy (non-hydrogen) atoms. The summed E-state index contributed by atoms with van der Waals surface area (Å²) < 4.78 is 1.11. The van der Waals surface area contributed by atoms with Crippen molar-refractivity contribution in [1.29, 1.82) is 0 Å². The first-order valence-electron chi connectivity index (χ1n) is 6.25. The molecule has 0 fully saturated rings. The maximum atomic E-state index is 12.4. The van der Waals surface area contributed by atoms with Crippen LogP contribution in [0, 0.1) is 0 Å². The number of fused-ring (bicyclic) bond motifs is 1. The molecule has 3 rings (SSSR count). The van der Waals surface area contributed by atoms with Crippen molar-refractivity contribution in [2.45, 2.75) is 25.8 Å². The first kappa shape index (κ1) is 13.3. The molecule has 0 unspecified atom stereocenters. The molecule has 0 radical (unpaired) electrons. The van der Waals surface area contributed by atoms with Gasteiger partial charge >= 0.3 is 0 Å². The summed E-state index contributed by atoms with van der Waals surface area (Å²) in [5.74, 6) is 0.143. The van der Waals surface area contributed by atoms with Crippen molar-refractivity contribution in [2.75, 3.05) is 7.05 Å². The average Bonchev–Trinajstić information content (AvgIpc) is 3.03. The molecule has 1 aliphatic carbocycles. The summed E-state index contributed by atoms with van der Waals surface area (Å²) in [4.78, 5) is 17.7. The van der Waals surface area contributed by atoms with Gasteiger partial charge in [0.25, 0.3) is 5.91 Å². The van der Waals surface area contributed by atoms with E-state index in [2.05, 4.69) is 28.1 Å². The van der Waals surface area contributed by atoms with E-state index in [1.807, 2.05) is 13.1 Å². The lowest BCUT2D eigenvalue weighted by molar-refractivity contribution is 0.0791. The Hall–Kier alpha value is -0.650. The Kier molecular flexibility index (Phi) is 3.78. The molecule has 2 heterocycles. The normalized spacial score (nSPS) is 13.6. The zero-order valence-corrected chi connectivity index (χ0v) is 13.8. The van der Waals surface area contributed by atoms with Crippen molar-refractivity contribution < 1.29 is 4.79 Å². The number of hydrogen-bond donors (Lipinski definition) is 0. The van der Waals surface area contributed by atoms with Gasteiger partial charge in [0.1, 0.15) is 0 Å². The number of aryl methyl sites for hydroxylation is 2. The molecule has 0 spiro atoms. The highest BCUT2D eigenvalue weighted by atomic mass is 79.9. The van der Waals surface area contributed by atoms with Gasteiger partial charge in [0.05, 0.1) is 15.2 Å². The molecule has 2 aromatic heterocycles. The fraction of sp³-hybridized carbons (Fsp3) is 0.357. The molecule has 5 heteroatoms. The third kappa shape index (κ3) is 2.78. The van der Waals surface area contributed by atoms with E-state index in [0.717, 1.165) is 21.5 Å². The smallest absolute Gasteiger partial charge is 0.264 e. The average molecular weight is 356 g/mol.